The quantitative estimate of drug-likeness (QED) is 0.443. The predicted octanol–water partition coefficient (Wildman–Crippen LogP) is 4.83. The molecule has 4 unspecified atom stereocenters. The molecule has 0 amide bonds. The molecule has 5 fully saturated rings. The van der Waals surface area contributed by atoms with Crippen LogP contribution >= 0.6 is 0 Å². The molecular weight excluding hydrogens is 440 g/mol. The van der Waals surface area contributed by atoms with Crippen LogP contribution in [0.1, 0.15) is 113 Å². The molecule has 4 saturated carbocycles. The highest BCUT2D eigenvalue weighted by Crippen LogP contribution is 2.76. The lowest BCUT2D eigenvalue weighted by molar-refractivity contribution is -0.277. The largest absolute Gasteiger partial charge is 0.393 e. The zero-order valence-corrected chi connectivity index (χ0v) is 23.5. The zero-order valence-electron chi connectivity index (χ0n) is 23.5. The molecule has 11 atom stereocenters. The molecule has 5 nitrogen and oxygen atoms in total. The van der Waals surface area contributed by atoms with Gasteiger partial charge in [-0.25, -0.2) is 0 Å². The summed E-state index contributed by atoms with van der Waals surface area (Å²) in [6, 6.07) is 0. The van der Waals surface area contributed by atoms with Crippen LogP contribution < -0.4 is 0 Å². The van der Waals surface area contributed by atoms with E-state index in [2.05, 4.69) is 34.6 Å². The van der Waals surface area contributed by atoms with Crippen molar-refractivity contribution in [1.29, 1.82) is 0 Å². The highest BCUT2D eigenvalue weighted by Gasteiger charge is 2.75. The molecule has 0 aromatic carbocycles. The topological polar surface area (TPSA) is 90.2 Å². The standard InChI is InChI=1S/C30H52O5/c1-24(2)19-9-13-27(6)20(26(19,5)12-10-21(24)32)17-18(31)23-28(27,7)15-16-30(23,34)29(8)14-11-22(35-29)25(3,4)33/h18-23,31-34H,9-17H2,1-8H3/t18?,19?,20?,21-,22+,23?,26+,27-,28-,29-,30-/m1/s1. The fraction of sp³-hybridized carbons (Fsp3) is 1.00. The van der Waals surface area contributed by atoms with Gasteiger partial charge in [0, 0.05) is 5.92 Å². The van der Waals surface area contributed by atoms with E-state index >= 15 is 0 Å². The van der Waals surface area contributed by atoms with E-state index in [1.165, 1.54) is 0 Å². The SMILES string of the molecule is CC(C)(O)[C@@H]1CC[C@](C)([C@@]2(O)CC[C@]3(C)C2C(O)CC2[C@@]4(C)CC[C@@H](O)C(C)(C)C4CC[C@]23C)O1. The summed E-state index contributed by atoms with van der Waals surface area (Å²) in [5, 5.41) is 45.9. The van der Waals surface area contributed by atoms with Crippen molar-refractivity contribution in [2.45, 2.75) is 148 Å². The third kappa shape index (κ3) is 3.17. The first-order valence-electron chi connectivity index (χ1n) is 14.4. The van der Waals surface area contributed by atoms with Crippen LogP contribution in [0.2, 0.25) is 0 Å². The maximum Gasteiger partial charge on any atom is 0.0991 e. The van der Waals surface area contributed by atoms with Crippen LogP contribution in [0.5, 0.6) is 0 Å². The number of aliphatic hydroxyl groups is 4. The zero-order chi connectivity index (χ0) is 26.0. The fourth-order valence-corrected chi connectivity index (χ4v) is 11.1. The minimum atomic E-state index is -1.12. The molecule has 0 spiro atoms. The van der Waals surface area contributed by atoms with E-state index in [1.807, 2.05) is 6.92 Å². The van der Waals surface area contributed by atoms with Crippen molar-refractivity contribution in [1.82, 2.24) is 0 Å². The summed E-state index contributed by atoms with van der Waals surface area (Å²) < 4.78 is 6.52. The Bertz CT molecular complexity index is 865. The molecule has 5 heteroatoms. The van der Waals surface area contributed by atoms with Gasteiger partial charge in [-0.1, -0.05) is 34.6 Å². The minimum absolute atomic E-state index is 0.00954. The Morgan fingerprint density at radius 3 is 2.03 bits per heavy atom. The molecular formula is C30H52O5. The third-order valence-electron chi connectivity index (χ3n) is 13.4. The van der Waals surface area contributed by atoms with E-state index in [9.17, 15) is 20.4 Å². The predicted molar refractivity (Wildman–Crippen MR) is 137 cm³/mol. The summed E-state index contributed by atoms with van der Waals surface area (Å²) in [5.74, 6) is 0.553. The van der Waals surface area contributed by atoms with Crippen molar-refractivity contribution in [3.8, 4) is 0 Å². The summed E-state index contributed by atoms with van der Waals surface area (Å²) in [5.41, 5.74) is -3.08. The minimum Gasteiger partial charge on any atom is -0.393 e. The van der Waals surface area contributed by atoms with Crippen LogP contribution in [0.3, 0.4) is 0 Å². The normalized spacial score (nSPS) is 57.9. The number of ether oxygens (including phenoxy) is 1. The van der Waals surface area contributed by atoms with Crippen LogP contribution in [0, 0.1) is 39.4 Å². The van der Waals surface area contributed by atoms with Gasteiger partial charge in [0.1, 0.15) is 0 Å². The summed E-state index contributed by atoms with van der Waals surface area (Å²) in [6.07, 6.45) is 6.50. The van der Waals surface area contributed by atoms with Crippen molar-refractivity contribution in [2.75, 3.05) is 0 Å². The first-order valence-corrected chi connectivity index (χ1v) is 14.4. The van der Waals surface area contributed by atoms with Crippen LogP contribution in [-0.2, 0) is 4.74 Å². The van der Waals surface area contributed by atoms with Crippen molar-refractivity contribution in [2.24, 2.45) is 39.4 Å². The molecule has 202 valence electrons. The molecule has 1 aliphatic heterocycles. The smallest absolute Gasteiger partial charge is 0.0991 e. The number of aliphatic hydroxyl groups excluding tert-OH is 2. The molecule has 4 aliphatic carbocycles. The number of hydrogen-bond donors (Lipinski definition) is 4. The van der Waals surface area contributed by atoms with Crippen molar-refractivity contribution in [3.63, 3.8) is 0 Å². The maximum absolute atomic E-state index is 12.5. The number of fused-ring (bicyclic) bond motifs is 5. The first-order chi connectivity index (χ1) is 15.9. The second kappa shape index (κ2) is 7.46. The van der Waals surface area contributed by atoms with Crippen LogP contribution in [0.25, 0.3) is 0 Å². The van der Waals surface area contributed by atoms with Crippen molar-refractivity contribution >= 4 is 0 Å². The molecule has 35 heavy (non-hydrogen) atoms. The average molecular weight is 493 g/mol. The summed E-state index contributed by atoms with van der Waals surface area (Å²) in [6.45, 7) is 17.3. The van der Waals surface area contributed by atoms with Gasteiger partial charge in [-0.05, 0) is 112 Å². The Hall–Kier alpha value is -0.200. The Balaban J connectivity index is 1.52. The number of hydrogen-bond acceptors (Lipinski definition) is 5. The van der Waals surface area contributed by atoms with Gasteiger partial charge in [0.05, 0.1) is 35.1 Å². The molecule has 0 radical (unpaired) electrons. The van der Waals surface area contributed by atoms with E-state index in [0.717, 1.165) is 38.5 Å². The molecule has 5 aliphatic rings. The van der Waals surface area contributed by atoms with Gasteiger partial charge in [-0.2, -0.15) is 0 Å². The van der Waals surface area contributed by atoms with Gasteiger partial charge >= 0.3 is 0 Å². The van der Waals surface area contributed by atoms with E-state index in [0.29, 0.717) is 31.1 Å². The highest BCUT2D eigenvalue weighted by molar-refractivity contribution is 5.25. The molecule has 1 saturated heterocycles. The van der Waals surface area contributed by atoms with Crippen molar-refractivity contribution in [3.05, 3.63) is 0 Å². The number of rotatable bonds is 2. The Labute approximate surface area is 213 Å². The van der Waals surface area contributed by atoms with Crippen LogP contribution in [0.15, 0.2) is 0 Å². The van der Waals surface area contributed by atoms with Gasteiger partial charge in [0.25, 0.3) is 0 Å². The fourth-order valence-electron chi connectivity index (χ4n) is 11.1. The van der Waals surface area contributed by atoms with E-state index in [4.69, 9.17) is 4.74 Å². The summed E-state index contributed by atoms with van der Waals surface area (Å²) in [7, 11) is 0. The van der Waals surface area contributed by atoms with Gasteiger partial charge in [0.2, 0.25) is 0 Å². The highest BCUT2D eigenvalue weighted by atomic mass is 16.5. The lowest BCUT2D eigenvalue weighted by atomic mass is 9.35. The van der Waals surface area contributed by atoms with Crippen molar-refractivity contribution < 1.29 is 25.2 Å². The molecule has 5 rings (SSSR count). The third-order valence-corrected chi connectivity index (χ3v) is 13.4. The lowest BCUT2D eigenvalue weighted by Crippen LogP contribution is -2.69. The van der Waals surface area contributed by atoms with Gasteiger partial charge < -0.3 is 25.2 Å². The molecule has 4 N–H and O–H groups in total. The Kier molecular flexibility index (Phi) is 5.63. The molecule has 0 bridgehead atoms. The van der Waals surface area contributed by atoms with E-state index < -0.39 is 22.9 Å². The summed E-state index contributed by atoms with van der Waals surface area (Å²) in [4.78, 5) is 0. The van der Waals surface area contributed by atoms with Crippen LogP contribution in [0.4, 0.5) is 0 Å². The van der Waals surface area contributed by atoms with Gasteiger partial charge in [0.15, 0.2) is 0 Å². The Morgan fingerprint density at radius 2 is 1.43 bits per heavy atom. The molecule has 0 aromatic heterocycles. The Morgan fingerprint density at radius 1 is 0.771 bits per heavy atom. The second-order valence-electron chi connectivity index (χ2n) is 15.6. The van der Waals surface area contributed by atoms with E-state index in [1.54, 1.807) is 13.8 Å². The lowest BCUT2D eigenvalue weighted by Gasteiger charge is -2.71. The monoisotopic (exact) mass is 492 g/mol. The first kappa shape index (κ1) is 26.4. The van der Waals surface area contributed by atoms with Gasteiger partial charge in [-0.15, -0.1) is 0 Å². The average Bonchev–Trinajstić information content (AvgIpc) is 3.29. The maximum atomic E-state index is 12.5. The van der Waals surface area contributed by atoms with Crippen LogP contribution in [-0.4, -0.2) is 55.5 Å². The second-order valence-corrected chi connectivity index (χ2v) is 15.6. The van der Waals surface area contributed by atoms with E-state index in [-0.39, 0.29) is 39.8 Å². The molecule has 0 aromatic rings. The van der Waals surface area contributed by atoms with Gasteiger partial charge in [-0.3, -0.25) is 0 Å². The molecule has 1 heterocycles. The summed E-state index contributed by atoms with van der Waals surface area (Å²) >= 11 is 0.